The van der Waals surface area contributed by atoms with E-state index in [9.17, 15) is 18.0 Å². The van der Waals surface area contributed by atoms with Gasteiger partial charge in [0.2, 0.25) is 0 Å². The molecular weight excluding hydrogens is 356 g/mol. The van der Waals surface area contributed by atoms with Crippen LogP contribution in [0.25, 0.3) is 0 Å². The molecule has 2 saturated heterocycles. The van der Waals surface area contributed by atoms with E-state index in [2.05, 4.69) is 16.6 Å². The van der Waals surface area contributed by atoms with Gasteiger partial charge in [0, 0.05) is 24.7 Å². The van der Waals surface area contributed by atoms with Crippen molar-refractivity contribution in [2.24, 2.45) is 0 Å². The van der Waals surface area contributed by atoms with E-state index in [4.69, 9.17) is 0 Å². The van der Waals surface area contributed by atoms with Gasteiger partial charge in [-0.3, -0.25) is 9.69 Å². The lowest BCUT2D eigenvalue weighted by Crippen LogP contribution is -2.60. The molecule has 26 heavy (non-hydrogen) atoms. The highest BCUT2D eigenvalue weighted by molar-refractivity contribution is 7.91. The molecule has 7 nitrogen and oxygen atoms in total. The topological polar surface area (TPSA) is 84.0 Å². The van der Waals surface area contributed by atoms with Crippen molar-refractivity contribution in [2.75, 3.05) is 38.2 Å². The summed E-state index contributed by atoms with van der Waals surface area (Å²) in [5.41, 5.74) is 0.822. The lowest BCUT2D eigenvalue weighted by molar-refractivity contribution is 0.0332. The number of carbonyl (C=O) groups is 2. The number of nitrogens with zero attached hydrogens (tertiary/aromatic N) is 2. The lowest BCUT2D eigenvalue weighted by atomic mass is 10.0. The number of ether oxygens (including phenoxy) is 1. The number of carbonyl (C=O) groups excluding carboxylic acids is 2. The molecule has 0 spiro atoms. The molecule has 2 aliphatic rings. The van der Waals surface area contributed by atoms with Crippen LogP contribution in [-0.4, -0.2) is 80.4 Å². The van der Waals surface area contributed by atoms with Crippen LogP contribution in [-0.2, 0) is 14.6 Å². The molecule has 2 aliphatic heterocycles. The normalized spacial score (nSPS) is 24.9. The maximum Gasteiger partial charge on any atom is 0.337 e. The van der Waals surface area contributed by atoms with Crippen molar-refractivity contribution in [3.8, 4) is 0 Å². The summed E-state index contributed by atoms with van der Waals surface area (Å²) in [7, 11) is -1.84. The second-order valence-corrected chi connectivity index (χ2v) is 8.97. The number of hydrogen-bond donors (Lipinski definition) is 0. The largest absolute Gasteiger partial charge is 0.465 e. The molecule has 1 aromatic rings. The average molecular weight is 380 g/mol. The van der Waals surface area contributed by atoms with Crippen LogP contribution in [0.2, 0.25) is 0 Å². The molecule has 0 aromatic heterocycles. The van der Waals surface area contributed by atoms with Crippen molar-refractivity contribution in [1.29, 1.82) is 0 Å². The third-order valence-electron chi connectivity index (χ3n) is 5.12. The minimum absolute atomic E-state index is 0.0177. The van der Waals surface area contributed by atoms with Crippen molar-refractivity contribution in [3.63, 3.8) is 0 Å². The minimum atomic E-state index is -3.15. The van der Waals surface area contributed by atoms with Crippen LogP contribution in [0.1, 0.15) is 34.1 Å². The first-order valence-electron chi connectivity index (χ1n) is 8.80. The number of piperazine rings is 1. The summed E-state index contributed by atoms with van der Waals surface area (Å²) in [6.07, 6.45) is 0.951. The number of sulfone groups is 1. The van der Waals surface area contributed by atoms with E-state index in [1.807, 2.05) is 0 Å². The van der Waals surface area contributed by atoms with Crippen molar-refractivity contribution in [1.82, 2.24) is 9.80 Å². The van der Waals surface area contributed by atoms with Crippen LogP contribution < -0.4 is 0 Å². The zero-order chi connectivity index (χ0) is 18.9. The quantitative estimate of drug-likeness (QED) is 0.719. The van der Waals surface area contributed by atoms with Gasteiger partial charge in [0.05, 0.1) is 30.2 Å². The molecule has 3 rings (SSSR count). The van der Waals surface area contributed by atoms with E-state index in [0.29, 0.717) is 24.2 Å². The molecule has 1 amide bonds. The minimum Gasteiger partial charge on any atom is -0.465 e. The van der Waals surface area contributed by atoms with E-state index in [1.54, 1.807) is 29.2 Å². The van der Waals surface area contributed by atoms with Gasteiger partial charge >= 0.3 is 5.97 Å². The molecule has 0 N–H and O–H groups in total. The highest BCUT2D eigenvalue weighted by atomic mass is 32.2. The second kappa shape index (κ2) is 7.36. The number of amides is 1. The average Bonchev–Trinajstić information content (AvgIpc) is 2.96. The predicted molar refractivity (Wildman–Crippen MR) is 96.9 cm³/mol. The molecule has 0 radical (unpaired) electrons. The Labute approximate surface area is 153 Å². The Morgan fingerprint density at radius 1 is 1.08 bits per heavy atom. The predicted octanol–water partition coefficient (Wildman–Crippen LogP) is 0.807. The number of methoxy groups -OCH3 is 1. The monoisotopic (exact) mass is 380 g/mol. The zero-order valence-corrected chi connectivity index (χ0v) is 15.9. The van der Waals surface area contributed by atoms with E-state index < -0.39 is 15.8 Å². The van der Waals surface area contributed by atoms with Gasteiger partial charge in [-0.2, -0.15) is 0 Å². The molecule has 8 heteroatoms. The van der Waals surface area contributed by atoms with Crippen LogP contribution in [0, 0.1) is 0 Å². The smallest absolute Gasteiger partial charge is 0.337 e. The second-order valence-electron chi connectivity index (χ2n) is 6.82. The third kappa shape index (κ3) is 3.61. The van der Waals surface area contributed by atoms with Crippen molar-refractivity contribution >= 4 is 21.7 Å². The van der Waals surface area contributed by atoms with Gasteiger partial charge in [0.25, 0.3) is 5.91 Å². The SMILES string of the molecule is CCCN1CCN(C(=O)c2ccc(C(=O)OC)cc2)C2CS(=O)(=O)CC21. The summed E-state index contributed by atoms with van der Waals surface area (Å²) in [4.78, 5) is 28.4. The van der Waals surface area contributed by atoms with E-state index in [0.717, 1.165) is 13.0 Å². The van der Waals surface area contributed by atoms with Crippen LogP contribution in [0.5, 0.6) is 0 Å². The molecule has 1 aromatic carbocycles. The van der Waals surface area contributed by atoms with Gasteiger partial charge in [-0.25, -0.2) is 13.2 Å². The summed E-state index contributed by atoms with van der Waals surface area (Å²) >= 11 is 0. The number of fused-ring (bicyclic) bond motifs is 1. The summed E-state index contributed by atoms with van der Waals surface area (Å²) in [6.45, 7) is 4.09. The number of benzene rings is 1. The number of esters is 1. The number of hydrogen-bond acceptors (Lipinski definition) is 6. The standard InChI is InChI=1S/C18H24N2O5S/c1-3-8-19-9-10-20(16-12-26(23,24)11-15(16)19)17(21)13-4-6-14(7-5-13)18(22)25-2/h4-7,15-16H,3,8-12H2,1-2H3. The Morgan fingerprint density at radius 3 is 2.31 bits per heavy atom. The Hall–Kier alpha value is -1.93. The highest BCUT2D eigenvalue weighted by Gasteiger charge is 2.47. The van der Waals surface area contributed by atoms with Crippen LogP contribution >= 0.6 is 0 Å². The third-order valence-corrected chi connectivity index (χ3v) is 6.81. The summed E-state index contributed by atoms with van der Waals surface area (Å²) in [5.74, 6) is -0.518. The van der Waals surface area contributed by atoms with Crippen LogP contribution in [0.15, 0.2) is 24.3 Å². The van der Waals surface area contributed by atoms with Crippen LogP contribution in [0.3, 0.4) is 0 Å². The molecule has 142 valence electrons. The van der Waals surface area contributed by atoms with Gasteiger partial charge < -0.3 is 9.64 Å². The van der Waals surface area contributed by atoms with Crippen molar-refractivity contribution in [3.05, 3.63) is 35.4 Å². The van der Waals surface area contributed by atoms with E-state index >= 15 is 0 Å². The molecule has 2 unspecified atom stereocenters. The molecular formula is C18H24N2O5S. The number of rotatable bonds is 4. The first kappa shape index (κ1) is 18.8. The Kier molecular flexibility index (Phi) is 5.34. The molecule has 2 atom stereocenters. The van der Waals surface area contributed by atoms with Gasteiger partial charge in [0.1, 0.15) is 0 Å². The van der Waals surface area contributed by atoms with Crippen LogP contribution in [0.4, 0.5) is 0 Å². The molecule has 2 heterocycles. The molecule has 2 fully saturated rings. The molecule has 0 aliphatic carbocycles. The summed E-state index contributed by atoms with van der Waals surface area (Å²) in [6, 6.07) is 5.83. The van der Waals surface area contributed by atoms with Gasteiger partial charge in [0.15, 0.2) is 9.84 Å². The fraction of sp³-hybridized carbons (Fsp3) is 0.556. The van der Waals surface area contributed by atoms with Gasteiger partial charge in [-0.05, 0) is 37.2 Å². The Morgan fingerprint density at radius 2 is 1.69 bits per heavy atom. The van der Waals surface area contributed by atoms with E-state index in [-0.39, 0.29) is 29.5 Å². The first-order valence-corrected chi connectivity index (χ1v) is 10.6. The Bertz CT molecular complexity index is 790. The van der Waals surface area contributed by atoms with Crippen molar-refractivity contribution < 1.29 is 22.7 Å². The maximum atomic E-state index is 13.0. The maximum absolute atomic E-state index is 13.0. The van der Waals surface area contributed by atoms with Gasteiger partial charge in [-0.15, -0.1) is 0 Å². The highest BCUT2D eigenvalue weighted by Crippen LogP contribution is 2.28. The molecule has 0 bridgehead atoms. The van der Waals surface area contributed by atoms with Crippen molar-refractivity contribution in [2.45, 2.75) is 25.4 Å². The lowest BCUT2D eigenvalue weighted by Gasteiger charge is -2.43. The van der Waals surface area contributed by atoms with Gasteiger partial charge in [-0.1, -0.05) is 6.92 Å². The fourth-order valence-corrected chi connectivity index (χ4v) is 5.89. The summed E-state index contributed by atoms with van der Waals surface area (Å²) < 4.78 is 29.0. The first-order chi connectivity index (χ1) is 12.4. The fourth-order valence-electron chi connectivity index (χ4n) is 3.87. The molecule has 0 saturated carbocycles. The summed E-state index contributed by atoms with van der Waals surface area (Å²) in [5, 5.41) is 0. The van der Waals surface area contributed by atoms with E-state index in [1.165, 1.54) is 7.11 Å². The zero-order valence-electron chi connectivity index (χ0n) is 15.1. The Balaban J connectivity index is 1.82.